The van der Waals surface area contributed by atoms with E-state index in [4.69, 9.17) is 21.3 Å². The van der Waals surface area contributed by atoms with Gasteiger partial charge in [-0.3, -0.25) is 0 Å². The number of aromatic nitrogens is 4. The number of nitrogens with one attached hydrogen (secondary N) is 1. The van der Waals surface area contributed by atoms with E-state index in [0.29, 0.717) is 23.5 Å². The molecule has 194 valence electrons. The maximum atomic E-state index is 6.33. The minimum absolute atomic E-state index is 0.265. The van der Waals surface area contributed by atoms with Gasteiger partial charge in [0.2, 0.25) is 11.2 Å². The van der Waals surface area contributed by atoms with E-state index in [1.165, 1.54) is 51.4 Å². The van der Waals surface area contributed by atoms with E-state index < -0.39 is 0 Å². The van der Waals surface area contributed by atoms with Crippen molar-refractivity contribution in [2.24, 2.45) is 11.8 Å². The first-order chi connectivity index (χ1) is 17.7. The molecule has 0 amide bonds. The Kier molecular flexibility index (Phi) is 8.59. The fourth-order valence-electron chi connectivity index (χ4n) is 5.56. The molecule has 2 aromatic heterocycles. The number of anilines is 2. The highest BCUT2D eigenvalue weighted by Gasteiger charge is 2.28. The van der Waals surface area contributed by atoms with E-state index in [-0.39, 0.29) is 5.28 Å². The summed E-state index contributed by atoms with van der Waals surface area (Å²) in [4.78, 5) is 16.5. The Labute approximate surface area is 219 Å². The van der Waals surface area contributed by atoms with Crippen molar-refractivity contribution in [1.82, 2.24) is 19.5 Å². The first-order valence-electron chi connectivity index (χ1n) is 13.7. The van der Waals surface area contributed by atoms with Gasteiger partial charge in [0.1, 0.15) is 5.52 Å². The third kappa shape index (κ3) is 6.12. The second kappa shape index (κ2) is 12.2. The first-order valence-corrected chi connectivity index (χ1v) is 14.1. The maximum Gasteiger partial charge on any atom is 0.226 e. The van der Waals surface area contributed by atoms with Crippen molar-refractivity contribution in [1.29, 1.82) is 0 Å². The van der Waals surface area contributed by atoms with E-state index in [9.17, 15) is 0 Å². The number of benzene rings is 1. The molecule has 1 N–H and O–H groups in total. The number of halogens is 1. The summed E-state index contributed by atoms with van der Waals surface area (Å²) >= 11 is 6.33. The summed E-state index contributed by atoms with van der Waals surface area (Å²) in [6.45, 7) is 6.43. The van der Waals surface area contributed by atoms with Gasteiger partial charge in [0.25, 0.3) is 0 Å². The smallest absolute Gasteiger partial charge is 0.226 e. The van der Waals surface area contributed by atoms with E-state index >= 15 is 0 Å². The summed E-state index contributed by atoms with van der Waals surface area (Å²) in [5.41, 5.74) is 1.72. The van der Waals surface area contributed by atoms with Crippen LogP contribution in [0.15, 0.2) is 36.4 Å². The van der Waals surface area contributed by atoms with Crippen LogP contribution in [0.5, 0.6) is 0 Å². The van der Waals surface area contributed by atoms with Crippen molar-refractivity contribution in [2.75, 3.05) is 36.5 Å². The second-order valence-corrected chi connectivity index (χ2v) is 10.8. The molecule has 1 aromatic carbocycles. The zero-order valence-corrected chi connectivity index (χ0v) is 22.2. The van der Waals surface area contributed by atoms with Gasteiger partial charge in [-0.25, -0.2) is 0 Å². The number of rotatable bonds is 6. The molecule has 7 nitrogen and oxygen atoms in total. The highest BCUT2D eigenvalue weighted by molar-refractivity contribution is 6.28. The van der Waals surface area contributed by atoms with Crippen LogP contribution in [0.1, 0.15) is 58.3 Å². The number of nitrogens with zero attached hydrogens (tertiary/aromatic N) is 5. The van der Waals surface area contributed by atoms with E-state index in [1.807, 2.05) is 36.4 Å². The monoisotopic (exact) mass is 510 g/mol. The van der Waals surface area contributed by atoms with Crippen LogP contribution in [0.3, 0.4) is 0 Å². The van der Waals surface area contributed by atoms with Gasteiger partial charge in [-0.2, -0.15) is 15.0 Å². The van der Waals surface area contributed by atoms with E-state index in [0.717, 1.165) is 50.1 Å². The summed E-state index contributed by atoms with van der Waals surface area (Å²) in [5, 5.41) is 3.95. The van der Waals surface area contributed by atoms with Gasteiger partial charge in [0.05, 0.1) is 13.2 Å². The van der Waals surface area contributed by atoms with Crippen molar-refractivity contribution < 1.29 is 4.74 Å². The summed E-state index contributed by atoms with van der Waals surface area (Å²) in [7, 11) is 0. The minimum Gasteiger partial charge on any atom is -0.378 e. The highest BCUT2D eigenvalue weighted by Crippen LogP contribution is 2.35. The molecule has 6 rings (SSSR count). The van der Waals surface area contributed by atoms with Crippen LogP contribution >= 0.6 is 11.6 Å². The first kappa shape index (κ1) is 25.3. The molecule has 0 bridgehead atoms. The van der Waals surface area contributed by atoms with Crippen molar-refractivity contribution in [2.45, 2.75) is 70.9 Å². The Hall–Kier alpha value is -2.38. The predicted octanol–water partition coefficient (Wildman–Crippen LogP) is 6.18. The molecule has 36 heavy (non-hydrogen) atoms. The van der Waals surface area contributed by atoms with Crippen LogP contribution in [0, 0.1) is 11.8 Å². The Balaban J connectivity index is 0.000000391. The number of fused-ring (bicyclic) bond motifs is 1. The third-order valence-corrected chi connectivity index (χ3v) is 8.07. The van der Waals surface area contributed by atoms with Crippen molar-refractivity contribution in [3.05, 3.63) is 41.7 Å². The van der Waals surface area contributed by atoms with Crippen molar-refractivity contribution in [3.63, 3.8) is 0 Å². The lowest BCUT2D eigenvalue weighted by Gasteiger charge is -2.32. The van der Waals surface area contributed by atoms with Crippen LogP contribution < -0.4 is 10.2 Å². The fraction of sp³-hybridized carbons (Fsp3) is 0.607. The number of hydrogen-bond donors (Lipinski definition) is 1. The molecule has 3 heterocycles. The zero-order valence-electron chi connectivity index (χ0n) is 21.4. The molecule has 1 aliphatic heterocycles. The SMILES string of the molecule is CC(Nc1nc(Cl)nc2nc(N3CCOCC3)n(CC3CCCCC3)c12)C1CCC1.c1ccccc1. The third-order valence-electron chi connectivity index (χ3n) is 7.90. The average Bonchev–Trinajstić information content (AvgIpc) is 3.23. The summed E-state index contributed by atoms with van der Waals surface area (Å²) in [6.07, 6.45) is 10.5. The summed E-state index contributed by atoms with van der Waals surface area (Å²) < 4.78 is 7.96. The van der Waals surface area contributed by atoms with Gasteiger partial charge >= 0.3 is 0 Å². The highest BCUT2D eigenvalue weighted by atomic mass is 35.5. The molecule has 2 aliphatic carbocycles. The van der Waals surface area contributed by atoms with Crippen LogP contribution in [-0.4, -0.2) is 51.9 Å². The lowest BCUT2D eigenvalue weighted by Crippen LogP contribution is -2.38. The molecule has 3 aromatic rings. The number of morpholine rings is 1. The number of hydrogen-bond acceptors (Lipinski definition) is 6. The van der Waals surface area contributed by atoms with E-state index in [2.05, 4.69) is 31.7 Å². The molecule has 3 aliphatic rings. The normalized spacial score (nSPS) is 19.9. The van der Waals surface area contributed by atoms with Gasteiger partial charge < -0.3 is 19.5 Å². The lowest BCUT2D eigenvalue weighted by molar-refractivity contribution is 0.121. The largest absolute Gasteiger partial charge is 0.378 e. The standard InChI is InChI=1S/C22H33ClN6O.C6H6/c1-15(17-8-5-9-17)24-19-18-20(26-21(23)25-19)27-22(28-10-12-30-13-11-28)29(18)14-16-6-3-2-4-7-16;1-2-4-6-5-3-1/h15-17H,2-14H2,1H3,(H,24,25,26);1-6H. The molecule has 8 heteroatoms. The molecule has 1 unspecified atom stereocenters. The molecule has 2 saturated carbocycles. The lowest BCUT2D eigenvalue weighted by atomic mass is 9.80. The van der Waals surface area contributed by atoms with E-state index in [1.54, 1.807) is 0 Å². The second-order valence-electron chi connectivity index (χ2n) is 10.4. The van der Waals surface area contributed by atoms with Crippen LogP contribution in [0.2, 0.25) is 5.28 Å². The number of imidazole rings is 1. The van der Waals surface area contributed by atoms with Crippen molar-refractivity contribution >= 4 is 34.5 Å². The summed E-state index contributed by atoms with van der Waals surface area (Å²) in [5.74, 6) is 3.23. The topological polar surface area (TPSA) is 68.1 Å². The van der Waals surface area contributed by atoms with Crippen LogP contribution in [0.4, 0.5) is 11.8 Å². The minimum atomic E-state index is 0.265. The van der Waals surface area contributed by atoms with Gasteiger partial charge in [0, 0.05) is 25.7 Å². The Bertz CT molecular complexity index is 1060. The number of ether oxygens (including phenoxy) is 1. The molecule has 0 spiro atoms. The molecule has 1 saturated heterocycles. The van der Waals surface area contributed by atoms with Crippen LogP contribution in [-0.2, 0) is 11.3 Å². The maximum absolute atomic E-state index is 6.33. The zero-order chi connectivity index (χ0) is 24.7. The van der Waals surface area contributed by atoms with Crippen LogP contribution in [0.25, 0.3) is 11.2 Å². The summed E-state index contributed by atoms with van der Waals surface area (Å²) in [6, 6.07) is 12.4. The van der Waals surface area contributed by atoms with Gasteiger partial charge in [-0.15, -0.1) is 0 Å². The molecular formula is C28H39ClN6O. The molecule has 0 radical (unpaired) electrons. The molecular weight excluding hydrogens is 472 g/mol. The average molecular weight is 511 g/mol. The Morgan fingerprint density at radius 2 is 1.58 bits per heavy atom. The molecule has 1 atom stereocenters. The Morgan fingerprint density at radius 1 is 0.917 bits per heavy atom. The van der Waals surface area contributed by atoms with Gasteiger partial charge in [-0.05, 0) is 56.0 Å². The Morgan fingerprint density at radius 3 is 2.19 bits per heavy atom. The fourth-order valence-corrected chi connectivity index (χ4v) is 5.73. The molecule has 3 fully saturated rings. The van der Waals surface area contributed by atoms with Crippen molar-refractivity contribution in [3.8, 4) is 0 Å². The van der Waals surface area contributed by atoms with Gasteiger partial charge in [-0.1, -0.05) is 62.1 Å². The quantitative estimate of drug-likeness (QED) is 0.399. The predicted molar refractivity (Wildman–Crippen MR) is 147 cm³/mol. The van der Waals surface area contributed by atoms with Gasteiger partial charge in [0.15, 0.2) is 11.5 Å².